The standard InChI is InChI=1S/C31H39N5O6S/c1-8-9-10-22-34-23-24(35(22)18-20-13-11-19(12-14-20)17-32-27(37)41-30(2,3)4)25-21(15-16-43-25)33-26(23)36(28(38)39)29(40)42-31(5,6)7/h11-16H,8-10,17-18H2,1-7H3,(H,32,37)(H,38,39). The van der Waals surface area contributed by atoms with Gasteiger partial charge in [-0.1, -0.05) is 37.6 Å². The van der Waals surface area contributed by atoms with Crippen LogP contribution in [0.1, 0.15) is 78.3 Å². The predicted molar refractivity (Wildman–Crippen MR) is 167 cm³/mol. The maximum Gasteiger partial charge on any atom is 0.425 e. The first-order valence-corrected chi connectivity index (χ1v) is 15.1. The summed E-state index contributed by atoms with van der Waals surface area (Å²) in [5, 5.41) is 14.8. The summed E-state index contributed by atoms with van der Waals surface area (Å²) in [4.78, 5) is 47.6. The summed E-state index contributed by atoms with van der Waals surface area (Å²) < 4.78 is 13.7. The van der Waals surface area contributed by atoms with E-state index in [2.05, 4.69) is 21.8 Å². The molecule has 0 aliphatic carbocycles. The third kappa shape index (κ3) is 7.81. The summed E-state index contributed by atoms with van der Waals surface area (Å²) in [6.45, 7) is 13.3. The second-order valence-corrected chi connectivity index (χ2v) is 13.2. The first kappa shape index (κ1) is 31.7. The molecule has 0 aliphatic rings. The zero-order valence-electron chi connectivity index (χ0n) is 25.7. The predicted octanol–water partition coefficient (Wildman–Crippen LogP) is 7.48. The van der Waals surface area contributed by atoms with Gasteiger partial charge in [-0.3, -0.25) is 0 Å². The number of imide groups is 1. The van der Waals surface area contributed by atoms with Crippen LogP contribution in [0.3, 0.4) is 0 Å². The van der Waals surface area contributed by atoms with Crippen molar-refractivity contribution < 1.29 is 29.0 Å². The van der Waals surface area contributed by atoms with Crippen LogP contribution < -0.4 is 10.2 Å². The van der Waals surface area contributed by atoms with Crippen LogP contribution in [0, 0.1) is 0 Å². The van der Waals surface area contributed by atoms with Gasteiger partial charge in [0.15, 0.2) is 5.82 Å². The molecule has 0 saturated carbocycles. The van der Waals surface area contributed by atoms with E-state index in [1.807, 2.05) is 50.4 Å². The molecule has 0 radical (unpaired) electrons. The van der Waals surface area contributed by atoms with Gasteiger partial charge in [-0.2, -0.15) is 4.90 Å². The van der Waals surface area contributed by atoms with Crippen molar-refractivity contribution in [1.82, 2.24) is 19.9 Å². The van der Waals surface area contributed by atoms with Gasteiger partial charge in [0.25, 0.3) is 0 Å². The number of carbonyl (C=O) groups excluding carboxylic acids is 2. The largest absolute Gasteiger partial charge is 0.464 e. The maximum absolute atomic E-state index is 13.1. The number of hydrogen-bond acceptors (Lipinski definition) is 8. The number of ether oxygens (including phenoxy) is 2. The summed E-state index contributed by atoms with van der Waals surface area (Å²) in [7, 11) is 0. The first-order chi connectivity index (χ1) is 20.2. The number of fused-ring (bicyclic) bond motifs is 3. The molecular weight excluding hydrogens is 570 g/mol. The molecule has 0 fully saturated rings. The van der Waals surface area contributed by atoms with Crippen molar-refractivity contribution in [3.8, 4) is 0 Å². The first-order valence-electron chi connectivity index (χ1n) is 14.2. The van der Waals surface area contributed by atoms with Crippen molar-refractivity contribution in [3.63, 3.8) is 0 Å². The fraction of sp³-hybridized carbons (Fsp3) is 0.452. The lowest BCUT2D eigenvalue weighted by Gasteiger charge is -2.24. The second kappa shape index (κ2) is 12.6. The van der Waals surface area contributed by atoms with Crippen LogP contribution >= 0.6 is 11.3 Å². The summed E-state index contributed by atoms with van der Waals surface area (Å²) in [5.41, 5.74) is 2.03. The Labute approximate surface area is 254 Å². The summed E-state index contributed by atoms with van der Waals surface area (Å²) in [6, 6.07) is 9.66. The van der Waals surface area contributed by atoms with Gasteiger partial charge in [-0.15, -0.1) is 11.3 Å². The third-order valence-corrected chi connectivity index (χ3v) is 7.19. The molecule has 4 aromatic rings. The number of rotatable bonds is 8. The lowest BCUT2D eigenvalue weighted by Crippen LogP contribution is -2.40. The monoisotopic (exact) mass is 609 g/mol. The summed E-state index contributed by atoms with van der Waals surface area (Å²) in [5.74, 6) is 0.689. The normalized spacial score (nSPS) is 12.0. The van der Waals surface area contributed by atoms with E-state index in [-0.39, 0.29) is 5.82 Å². The molecule has 2 N–H and O–H groups in total. The molecule has 43 heavy (non-hydrogen) atoms. The van der Waals surface area contributed by atoms with E-state index < -0.39 is 29.5 Å². The fourth-order valence-electron chi connectivity index (χ4n) is 4.47. The Balaban J connectivity index is 1.74. The van der Waals surface area contributed by atoms with E-state index in [1.165, 1.54) is 11.3 Å². The lowest BCUT2D eigenvalue weighted by atomic mass is 10.1. The number of benzene rings is 1. The van der Waals surface area contributed by atoms with Crippen LogP contribution in [0.25, 0.3) is 21.3 Å². The Bertz CT molecular complexity index is 1630. The number of amides is 3. The van der Waals surface area contributed by atoms with Gasteiger partial charge < -0.3 is 24.5 Å². The van der Waals surface area contributed by atoms with E-state index in [9.17, 15) is 19.5 Å². The average Bonchev–Trinajstić information content (AvgIpc) is 3.49. The van der Waals surface area contributed by atoms with Crippen LogP contribution in [-0.4, -0.2) is 49.1 Å². The number of unbranched alkanes of at least 4 members (excludes halogenated alkanes) is 1. The van der Waals surface area contributed by atoms with E-state index in [0.29, 0.717) is 41.0 Å². The Morgan fingerprint density at radius 3 is 2.23 bits per heavy atom. The van der Waals surface area contributed by atoms with E-state index >= 15 is 0 Å². The highest BCUT2D eigenvalue weighted by Gasteiger charge is 2.33. The number of imidazole rings is 1. The molecular formula is C31H39N5O6S. The van der Waals surface area contributed by atoms with Gasteiger partial charge in [0, 0.05) is 19.5 Å². The zero-order chi connectivity index (χ0) is 31.5. The van der Waals surface area contributed by atoms with Gasteiger partial charge in [-0.25, -0.2) is 24.4 Å². The number of nitrogens with zero attached hydrogens (tertiary/aromatic N) is 4. The molecule has 3 aromatic heterocycles. The van der Waals surface area contributed by atoms with Crippen molar-refractivity contribution in [2.45, 2.75) is 92.0 Å². The van der Waals surface area contributed by atoms with Crippen molar-refractivity contribution in [2.75, 3.05) is 4.90 Å². The molecule has 230 valence electrons. The van der Waals surface area contributed by atoms with Gasteiger partial charge in [0.1, 0.15) is 22.5 Å². The maximum atomic E-state index is 13.1. The molecule has 4 rings (SSSR count). The zero-order valence-corrected chi connectivity index (χ0v) is 26.5. The molecule has 0 bridgehead atoms. The summed E-state index contributed by atoms with van der Waals surface area (Å²) >= 11 is 1.48. The number of hydrogen-bond donors (Lipinski definition) is 2. The van der Waals surface area contributed by atoms with Crippen LogP contribution in [0.5, 0.6) is 0 Å². The quantitative estimate of drug-likeness (QED) is 0.210. The van der Waals surface area contributed by atoms with Gasteiger partial charge in [0.2, 0.25) is 0 Å². The number of thiophene rings is 1. The second-order valence-electron chi connectivity index (χ2n) is 12.3. The highest BCUT2D eigenvalue weighted by molar-refractivity contribution is 7.18. The van der Waals surface area contributed by atoms with Crippen molar-refractivity contribution in [1.29, 1.82) is 0 Å². The summed E-state index contributed by atoms with van der Waals surface area (Å²) in [6.07, 6.45) is -0.533. The highest BCUT2D eigenvalue weighted by Crippen LogP contribution is 2.36. The van der Waals surface area contributed by atoms with Gasteiger partial charge in [0.05, 0.1) is 15.7 Å². The van der Waals surface area contributed by atoms with Gasteiger partial charge in [-0.05, 0) is 70.5 Å². The smallest absolute Gasteiger partial charge is 0.425 e. The number of nitrogens with one attached hydrogen (secondary N) is 1. The topological polar surface area (TPSA) is 136 Å². The van der Waals surface area contributed by atoms with Crippen LogP contribution in [-0.2, 0) is 29.0 Å². The van der Waals surface area contributed by atoms with Crippen LogP contribution in [0.4, 0.5) is 20.2 Å². The molecule has 0 spiro atoms. The van der Waals surface area contributed by atoms with Crippen molar-refractivity contribution in [3.05, 3.63) is 52.7 Å². The number of carboxylic acid groups (broad SMARTS) is 1. The SMILES string of the molecule is CCCCc1nc2c(N(C(=O)O)C(=O)OC(C)(C)C)nc3ccsc3c2n1Cc1ccc(CNC(=O)OC(C)(C)C)cc1. The molecule has 0 aliphatic heterocycles. The minimum absolute atomic E-state index is 0.0808. The van der Waals surface area contributed by atoms with Crippen LogP contribution in [0.2, 0.25) is 0 Å². The molecule has 3 amide bonds. The molecule has 0 atom stereocenters. The number of carbonyl (C=O) groups is 3. The molecule has 0 saturated heterocycles. The number of aromatic nitrogens is 3. The average molecular weight is 610 g/mol. The fourth-order valence-corrected chi connectivity index (χ4v) is 5.35. The molecule has 0 unspecified atom stereocenters. The Morgan fingerprint density at radius 1 is 0.977 bits per heavy atom. The molecule has 3 heterocycles. The minimum Gasteiger partial charge on any atom is -0.464 e. The van der Waals surface area contributed by atoms with E-state index in [1.54, 1.807) is 26.8 Å². The van der Waals surface area contributed by atoms with E-state index in [0.717, 1.165) is 34.5 Å². The number of alkyl carbamates (subject to hydrolysis) is 1. The number of pyridine rings is 1. The van der Waals surface area contributed by atoms with E-state index in [4.69, 9.17) is 14.5 Å². The van der Waals surface area contributed by atoms with Crippen LogP contribution in [0.15, 0.2) is 35.7 Å². The Kier molecular flexibility index (Phi) is 9.29. The molecule has 1 aromatic carbocycles. The minimum atomic E-state index is -1.50. The molecule has 11 nitrogen and oxygen atoms in total. The third-order valence-electron chi connectivity index (χ3n) is 6.28. The Hall–Kier alpha value is -4.19. The number of anilines is 1. The van der Waals surface area contributed by atoms with Crippen molar-refractivity contribution >= 4 is 56.7 Å². The molecule has 12 heteroatoms. The number of aryl methyl sites for hydroxylation is 1. The van der Waals surface area contributed by atoms with Gasteiger partial charge >= 0.3 is 18.3 Å². The lowest BCUT2D eigenvalue weighted by molar-refractivity contribution is 0.0521. The highest BCUT2D eigenvalue weighted by atomic mass is 32.1. The van der Waals surface area contributed by atoms with Crippen molar-refractivity contribution in [2.24, 2.45) is 0 Å². The Morgan fingerprint density at radius 2 is 1.63 bits per heavy atom.